The van der Waals surface area contributed by atoms with Gasteiger partial charge in [-0.1, -0.05) is 31.5 Å². The van der Waals surface area contributed by atoms with E-state index >= 15 is 0 Å². The Bertz CT molecular complexity index is 388. The first kappa shape index (κ1) is 12.0. The van der Waals surface area contributed by atoms with E-state index in [-0.39, 0.29) is 6.42 Å². The lowest BCUT2D eigenvalue weighted by atomic mass is 9.82. The first-order valence-electron chi connectivity index (χ1n) is 4.68. The van der Waals surface area contributed by atoms with Gasteiger partial charge in [-0.15, -0.1) is 0 Å². The molecule has 0 radical (unpaired) electrons. The van der Waals surface area contributed by atoms with Gasteiger partial charge in [-0.25, -0.2) is 4.98 Å². The first-order valence-corrected chi connectivity index (χ1v) is 5.06. The fourth-order valence-electron chi connectivity index (χ4n) is 1.50. The molecule has 0 amide bonds. The molecule has 0 aliphatic rings. The molecule has 1 aromatic rings. The number of aliphatic carboxylic acids is 1. The minimum absolute atomic E-state index is 0.0391. The lowest BCUT2D eigenvalue weighted by Gasteiger charge is -2.23. The number of rotatable bonds is 3. The summed E-state index contributed by atoms with van der Waals surface area (Å²) in [6, 6.07) is 3.68. The zero-order valence-corrected chi connectivity index (χ0v) is 9.80. The minimum Gasteiger partial charge on any atom is -0.481 e. The van der Waals surface area contributed by atoms with Crippen LogP contribution in [0.25, 0.3) is 0 Å². The Morgan fingerprint density at radius 1 is 1.53 bits per heavy atom. The summed E-state index contributed by atoms with van der Waals surface area (Å²) < 4.78 is 0. The molecule has 3 nitrogen and oxygen atoms in total. The molecular weight excluding hydrogens is 214 g/mol. The molecule has 1 heterocycles. The van der Waals surface area contributed by atoms with E-state index in [1.165, 1.54) is 0 Å². The van der Waals surface area contributed by atoms with Gasteiger partial charge in [-0.05, 0) is 18.6 Å². The van der Waals surface area contributed by atoms with Crippen LogP contribution in [0.3, 0.4) is 0 Å². The number of pyridine rings is 1. The largest absolute Gasteiger partial charge is 0.481 e. The molecule has 1 rings (SSSR count). The number of carboxylic acid groups (broad SMARTS) is 1. The molecule has 0 atom stereocenters. The minimum atomic E-state index is -0.836. The molecule has 0 fully saturated rings. The molecule has 4 heteroatoms. The van der Waals surface area contributed by atoms with Gasteiger partial charge >= 0.3 is 5.97 Å². The maximum atomic E-state index is 10.7. The molecular formula is C11H14ClNO2. The molecule has 0 aliphatic carbocycles. The summed E-state index contributed by atoms with van der Waals surface area (Å²) in [6.07, 6.45) is 0.0391. The summed E-state index contributed by atoms with van der Waals surface area (Å²) in [5, 5.41) is 9.18. The second-order valence-electron chi connectivity index (χ2n) is 4.25. The second-order valence-corrected chi connectivity index (χ2v) is 4.60. The number of hydrogen-bond acceptors (Lipinski definition) is 2. The molecule has 1 N–H and O–H groups in total. The monoisotopic (exact) mass is 227 g/mol. The molecule has 0 saturated carbocycles. The Morgan fingerprint density at radius 2 is 2.13 bits per heavy atom. The van der Waals surface area contributed by atoms with E-state index < -0.39 is 11.4 Å². The molecule has 1 aromatic heterocycles. The van der Waals surface area contributed by atoms with E-state index in [9.17, 15) is 4.79 Å². The van der Waals surface area contributed by atoms with Crippen LogP contribution in [0.1, 0.15) is 31.5 Å². The highest BCUT2D eigenvalue weighted by atomic mass is 35.5. The lowest BCUT2D eigenvalue weighted by Crippen LogP contribution is -2.22. The highest BCUT2D eigenvalue weighted by molar-refractivity contribution is 6.30. The van der Waals surface area contributed by atoms with E-state index in [1.807, 2.05) is 32.9 Å². The molecule has 0 bridgehead atoms. The normalized spacial score (nSPS) is 11.5. The van der Waals surface area contributed by atoms with Gasteiger partial charge in [0, 0.05) is 11.1 Å². The highest BCUT2D eigenvalue weighted by Crippen LogP contribution is 2.31. The van der Waals surface area contributed by atoms with Crippen molar-refractivity contribution in [2.45, 2.75) is 32.6 Å². The number of carbonyl (C=O) groups is 1. The van der Waals surface area contributed by atoms with Gasteiger partial charge in [0.15, 0.2) is 0 Å². The van der Waals surface area contributed by atoms with Crippen LogP contribution in [-0.2, 0) is 10.2 Å². The highest BCUT2D eigenvalue weighted by Gasteiger charge is 2.26. The number of halogens is 1. The second kappa shape index (κ2) is 4.19. The Hall–Kier alpha value is -1.09. The maximum absolute atomic E-state index is 10.7. The van der Waals surface area contributed by atoms with Crippen LogP contribution in [-0.4, -0.2) is 16.1 Å². The molecule has 15 heavy (non-hydrogen) atoms. The zero-order chi connectivity index (χ0) is 11.6. The summed E-state index contributed by atoms with van der Waals surface area (Å²) in [5.74, 6) is -0.836. The average molecular weight is 228 g/mol. The molecule has 0 aliphatic heterocycles. The number of hydrogen-bond donors (Lipinski definition) is 1. The van der Waals surface area contributed by atoms with Crippen molar-refractivity contribution in [3.05, 3.63) is 28.5 Å². The summed E-state index contributed by atoms with van der Waals surface area (Å²) in [5.41, 5.74) is 1.11. The summed E-state index contributed by atoms with van der Waals surface area (Å²) in [4.78, 5) is 14.8. The Kier molecular flexibility index (Phi) is 3.35. The van der Waals surface area contributed by atoms with E-state index in [1.54, 1.807) is 0 Å². The van der Waals surface area contributed by atoms with Crippen molar-refractivity contribution in [1.29, 1.82) is 0 Å². The van der Waals surface area contributed by atoms with Crippen LogP contribution in [0, 0.1) is 6.92 Å². The molecule has 0 spiro atoms. The Labute approximate surface area is 94.1 Å². The van der Waals surface area contributed by atoms with Gasteiger partial charge in [0.2, 0.25) is 0 Å². The quantitative estimate of drug-likeness (QED) is 0.808. The third-order valence-electron chi connectivity index (χ3n) is 2.31. The van der Waals surface area contributed by atoms with Gasteiger partial charge < -0.3 is 5.11 Å². The van der Waals surface area contributed by atoms with Gasteiger partial charge in [0.1, 0.15) is 5.15 Å². The zero-order valence-electron chi connectivity index (χ0n) is 9.04. The van der Waals surface area contributed by atoms with Crippen LogP contribution in [0.2, 0.25) is 5.15 Å². The average Bonchev–Trinajstić information content (AvgIpc) is 1.99. The molecule has 0 aromatic carbocycles. The van der Waals surface area contributed by atoms with Crippen LogP contribution in [0.15, 0.2) is 12.1 Å². The van der Waals surface area contributed by atoms with E-state index in [0.717, 1.165) is 11.3 Å². The predicted molar refractivity (Wildman–Crippen MR) is 59.3 cm³/mol. The Morgan fingerprint density at radius 3 is 2.60 bits per heavy atom. The van der Waals surface area contributed by atoms with Crippen molar-refractivity contribution in [1.82, 2.24) is 4.98 Å². The third-order valence-corrected chi connectivity index (χ3v) is 2.60. The van der Waals surface area contributed by atoms with Crippen molar-refractivity contribution in [3.8, 4) is 0 Å². The maximum Gasteiger partial charge on any atom is 0.304 e. The van der Waals surface area contributed by atoms with Crippen molar-refractivity contribution in [2.24, 2.45) is 0 Å². The van der Waals surface area contributed by atoms with Gasteiger partial charge in [-0.3, -0.25) is 4.79 Å². The fourth-order valence-corrected chi connectivity index (χ4v) is 1.96. The fraction of sp³-hybridized carbons (Fsp3) is 0.455. The molecule has 82 valence electrons. The van der Waals surface area contributed by atoms with Gasteiger partial charge in [-0.2, -0.15) is 0 Å². The number of aryl methyl sites for hydroxylation is 1. The van der Waals surface area contributed by atoms with Crippen molar-refractivity contribution in [2.75, 3.05) is 0 Å². The first-order chi connectivity index (χ1) is 6.83. The molecule has 0 saturated heterocycles. The van der Waals surface area contributed by atoms with Crippen molar-refractivity contribution in [3.63, 3.8) is 0 Å². The SMILES string of the molecule is Cc1ccc(C(C)(C)CC(=O)O)c(Cl)n1. The number of carboxylic acids is 1. The van der Waals surface area contributed by atoms with Crippen LogP contribution in [0.4, 0.5) is 0 Å². The van der Waals surface area contributed by atoms with Crippen LogP contribution >= 0.6 is 11.6 Å². The molecule has 0 unspecified atom stereocenters. The summed E-state index contributed by atoms with van der Waals surface area (Å²) in [7, 11) is 0. The third kappa shape index (κ3) is 2.93. The van der Waals surface area contributed by atoms with E-state index in [0.29, 0.717) is 5.15 Å². The topological polar surface area (TPSA) is 50.2 Å². The summed E-state index contributed by atoms with van der Waals surface area (Å²) in [6.45, 7) is 5.54. The van der Waals surface area contributed by atoms with Crippen molar-refractivity contribution < 1.29 is 9.90 Å². The lowest BCUT2D eigenvalue weighted by molar-refractivity contribution is -0.138. The number of aromatic nitrogens is 1. The smallest absolute Gasteiger partial charge is 0.304 e. The van der Waals surface area contributed by atoms with Crippen molar-refractivity contribution >= 4 is 17.6 Å². The standard InChI is InChI=1S/C11H14ClNO2/c1-7-4-5-8(10(12)13-7)11(2,3)6-9(14)15/h4-5H,6H2,1-3H3,(H,14,15). The van der Waals surface area contributed by atoms with E-state index in [4.69, 9.17) is 16.7 Å². The van der Waals surface area contributed by atoms with Crippen LogP contribution in [0.5, 0.6) is 0 Å². The van der Waals surface area contributed by atoms with Gasteiger partial charge in [0.05, 0.1) is 6.42 Å². The van der Waals surface area contributed by atoms with Gasteiger partial charge in [0.25, 0.3) is 0 Å². The van der Waals surface area contributed by atoms with E-state index in [2.05, 4.69) is 4.98 Å². The van der Waals surface area contributed by atoms with Crippen LogP contribution < -0.4 is 0 Å². The Balaban J connectivity index is 3.09. The summed E-state index contributed by atoms with van der Waals surface area (Å²) >= 11 is 5.99. The number of nitrogens with zero attached hydrogens (tertiary/aromatic N) is 1. The predicted octanol–water partition coefficient (Wildman–Crippen LogP) is 2.80.